The lowest BCUT2D eigenvalue weighted by atomic mass is 9.75. The molecule has 0 heterocycles. The molecule has 0 aromatic rings. The van der Waals surface area contributed by atoms with Gasteiger partial charge in [-0.2, -0.15) is 0 Å². The zero-order valence-corrected chi connectivity index (χ0v) is 5.85. The average Bonchev–Trinajstić information content (AvgIpc) is 1.86. The second-order valence-corrected chi connectivity index (χ2v) is 3.05. The van der Waals surface area contributed by atoms with Crippen LogP contribution >= 0.6 is 0 Å². The Morgan fingerprint density at radius 1 is 1.56 bits per heavy atom. The van der Waals surface area contributed by atoms with Crippen molar-refractivity contribution in [1.29, 1.82) is 0 Å². The van der Waals surface area contributed by atoms with Gasteiger partial charge >= 0.3 is 0 Å². The van der Waals surface area contributed by atoms with Crippen molar-refractivity contribution in [2.75, 3.05) is 0 Å². The first-order valence-electron chi connectivity index (χ1n) is 3.77. The highest BCUT2D eigenvalue weighted by Crippen LogP contribution is 2.39. The molecule has 0 N–H and O–H groups in total. The molecule has 0 aromatic heterocycles. The molecule has 0 aliphatic heterocycles. The van der Waals surface area contributed by atoms with E-state index in [9.17, 15) is 0 Å². The summed E-state index contributed by atoms with van der Waals surface area (Å²) in [6, 6.07) is 0. The van der Waals surface area contributed by atoms with Gasteiger partial charge in [-0.05, 0) is 31.8 Å². The third-order valence-corrected chi connectivity index (χ3v) is 2.39. The summed E-state index contributed by atoms with van der Waals surface area (Å²) in [4.78, 5) is 0. The summed E-state index contributed by atoms with van der Waals surface area (Å²) in [5.74, 6) is 0.860. The molecule has 0 spiro atoms. The van der Waals surface area contributed by atoms with E-state index in [4.69, 9.17) is 0 Å². The SMILES string of the molecule is CC1=CC2CCCC=C12. The lowest BCUT2D eigenvalue weighted by Gasteiger charge is -2.30. The number of fused-ring (bicyclic) bond motifs is 1. The Morgan fingerprint density at radius 3 is 3.00 bits per heavy atom. The zero-order chi connectivity index (χ0) is 6.27. The highest BCUT2D eigenvalue weighted by atomic mass is 14.3. The van der Waals surface area contributed by atoms with E-state index in [1.165, 1.54) is 24.8 Å². The molecule has 0 heteroatoms. The van der Waals surface area contributed by atoms with Crippen LogP contribution in [0.5, 0.6) is 0 Å². The Bertz CT molecular complexity index is 184. The normalized spacial score (nSPS) is 31.9. The van der Waals surface area contributed by atoms with E-state index in [-0.39, 0.29) is 0 Å². The van der Waals surface area contributed by atoms with Gasteiger partial charge in [0.05, 0.1) is 0 Å². The van der Waals surface area contributed by atoms with Crippen LogP contribution in [0.2, 0.25) is 0 Å². The van der Waals surface area contributed by atoms with Gasteiger partial charge in [0.1, 0.15) is 0 Å². The quantitative estimate of drug-likeness (QED) is 0.461. The number of allylic oxidation sites excluding steroid dienone is 4. The number of hydrogen-bond donors (Lipinski definition) is 0. The van der Waals surface area contributed by atoms with Crippen LogP contribution in [-0.2, 0) is 0 Å². The van der Waals surface area contributed by atoms with Gasteiger partial charge in [0.15, 0.2) is 0 Å². The van der Waals surface area contributed by atoms with Crippen molar-refractivity contribution >= 4 is 0 Å². The van der Waals surface area contributed by atoms with Crippen molar-refractivity contribution in [3.05, 3.63) is 23.3 Å². The highest BCUT2D eigenvalue weighted by Gasteiger charge is 2.23. The van der Waals surface area contributed by atoms with Gasteiger partial charge in [-0.25, -0.2) is 0 Å². The summed E-state index contributed by atoms with van der Waals surface area (Å²) in [6.07, 6.45) is 8.92. The smallest absolute Gasteiger partial charge is 0.00232 e. The van der Waals surface area contributed by atoms with Crippen LogP contribution in [0.3, 0.4) is 0 Å². The van der Waals surface area contributed by atoms with Gasteiger partial charge in [-0.1, -0.05) is 17.7 Å². The molecule has 0 fully saturated rings. The zero-order valence-electron chi connectivity index (χ0n) is 5.85. The van der Waals surface area contributed by atoms with E-state index >= 15 is 0 Å². The van der Waals surface area contributed by atoms with E-state index < -0.39 is 0 Å². The molecule has 0 saturated heterocycles. The third-order valence-electron chi connectivity index (χ3n) is 2.39. The summed E-state index contributed by atoms with van der Waals surface area (Å²) in [6.45, 7) is 2.22. The summed E-state index contributed by atoms with van der Waals surface area (Å²) in [5, 5.41) is 0. The predicted molar refractivity (Wildman–Crippen MR) is 39.2 cm³/mol. The summed E-state index contributed by atoms with van der Waals surface area (Å²) >= 11 is 0. The summed E-state index contributed by atoms with van der Waals surface area (Å²) < 4.78 is 0. The molecule has 0 radical (unpaired) electrons. The lowest BCUT2D eigenvalue weighted by molar-refractivity contribution is 0.571. The topological polar surface area (TPSA) is 0 Å². The Kier molecular flexibility index (Phi) is 1.01. The average molecular weight is 120 g/mol. The third kappa shape index (κ3) is 0.658. The molecule has 0 aromatic carbocycles. The Hall–Kier alpha value is -0.520. The van der Waals surface area contributed by atoms with Crippen LogP contribution in [0.1, 0.15) is 26.2 Å². The maximum absolute atomic E-state index is 2.41. The van der Waals surface area contributed by atoms with Gasteiger partial charge in [0, 0.05) is 5.92 Å². The molecular weight excluding hydrogens is 108 g/mol. The lowest BCUT2D eigenvalue weighted by Crippen LogP contribution is -2.15. The fourth-order valence-electron chi connectivity index (χ4n) is 1.83. The Morgan fingerprint density at radius 2 is 2.44 bits per heavy atom. The highest BCUT2D eigenvalue weighted by molar-refractivity contribution is 5.44. The van der Waals surface area contributed by atoms with Gasteiger partial charge in [-0.15, -0.1) is 0 Å². The van der Waals surface area contributed by atoms with Crippen LogP contribution in [0.15, 0.2) is 23.3 Å². The van der Waals surface area contributed by atoms with Crippen LogP contribution < -0.4 is 0 Å². The second kappa shape index (κ2) is 1.73. The maximum Gasteiger partial charge on any atom is 0.00232 e. The van der Waals surface area contributed by atoms with Crippen molar-refractivity contribution in [1.82, 2.24) is 0 Å². The van der Waals surface area contributed by atoms with Crippen molar-refractivity contribution < 1.29 is 0 Å². The monoisotopic (exact) mass is 120 g/mol. The largest absolute Gasteiger partial charge is 0.0805 e. The maximum atomic E-state index is 2.41. The Labute approximate surface area is 56.3 Å². The number of rotatable bonds is 0. The molecule has 2 aliphatic carbocycles. The first kappa shape index (κ1) is 5.28. The van der Waals surface area contributed by atoms with Gasteiger partial charge in [0.2, 0.25) is 0 Å². The van der Waals surface area contributed by atoms with E-state index in [1.807, 2.05) is 0 Å². The van der Waals surface area contributed by atoms with E-state index in [2.05, 4.69) is 19.1 Å². The molecule has 1 unspecified atom stereocenters. The van der Waals surface area contributed by atoms with E-state index in [0.29, 0.717) is 0 Å². The molecule has 48 valence electrons. The molecule has 0 bridgehead atoms. The minimum atomic E-state index is 0.860. The molecule has 9 heavy (non-hydrogen) atoms. The van der Waals surface area contributed by atoms with Crippen LogP contribution in [-0.4, -0.2) is 0 Å². The molecule has 1 atom stereocenters. The van der Waals surface area contributed by atoms with E-state index in [0.717, 1.165) is 5.92 Å². The van der Waals surface area contributed by atoms with Crippen LogP contribution in [0.25, 0.3) is 0 Å². The molecule has 2 aliphatic rings. The predicted octanol–water partition coefficient (Wildman–Crippen LogP) is 2.67. The fraction of sp³-hybridized carbons (Fsp3) is 0.556. The van der Waals surface area contributed by atoms with E-state index in [1.54, 1.807) is 5.57 Å². The first-order chi connectivity index (χ1) is 4.38. The summed E-state index contributed by atoms with van der Waals surface area (Å²) in [5.41, 5.74) is 3.17. The minimum absolute atomic E-state index is 0.860. The molecule has 0 saturated carbocycles. The summed E-state index contributed by atoms with van der Waals surface area (Å²) in [7, 11) is 0. The van der Waals surface area contributed by atoms with Crippen molar-refractivity contribution in [3.63, 3.8) is 0 Å². The fourth-order valence-corrected chi connectivity index (χ4v) is 1.83. The minimum Gasteiger partial charge on any atom is -0.0805 e. The Balaban J connectivity index is 2.27. The standard InChI is InChI=1S/C9H12/c1-7-6-8-4-2-3-5-9(7)8/h5-6,8H,2-4H2,1H3. The molecule has 2 rings (SSSR count). The van der Waals surface area contributed by atoms with Gasteiger partial charge in [-0.3, -0.25) is 0 Å². The van der Waals surface area contributed by atoms with Crippen molar-refractivity contribution in [3.8, 4) is 0 Å². The van der Waals surface area contributed by atoms with Gasteiger partial charge in [0.25, 0.3) is 0 Å². The molecular formula is C9H12. The number of hydrogen-bond acceptors (Lipinski definition) is 0. The molecule has 0 nitrogen and oxygen atoms in total. The van der Waals surface area contributed by atoms with Crippen LogP contribution in [0.4, 0.5) is 0 Å². The second-order valence-electron chi connectivity index (χ2n) is 3.05. The first-order valence-corrected chi connectivity index (χ1v) is 3.77. The molecule has 0 amide bonds. The van der Waals surface area contributed by atoms with Crippen LogP contribution in [0, 0.1) is 5.92 Å². The van der Waals surface area contributed by atoms with Gasteiger partial charge < -0.3 is 0 Å². The van der Waals surface area contributed by atoms with Crippen molar-refractivity contribution in [2.24, 2.45) is 5.92 Å². The van der Waals surface area contributed by atoms with Crippen molar-refractivity contribution in [2.45, 2.75) is 26.2 Å².